The van der Waals surface area contributed by atoms with Crippen LogP contribution in [0.2, 0.25) is 0 Å². The van der Waals surface area contributed by atoms with Crippen molar-refractivity contribution >= 4 is 5.91 Å². The number of aliphatic hydroxyl groups excluding tert-OH is 2. The lowest BCUT2D eigenvalue weighted by atomic mass is 10.0. The summed E-state index contributed by atoms with van der Waals surface area (Å²) in [4.78, 5) is 12.3. The zero-order chi connectivity index (χ0) is 34.3. The van der Waals surface area contributed by atoms with Gasteiger partial charge < -0.3 is 15.5 Å². The van der Waals surface area contributed by atoms with Crippen molar-refractivity contribution in [3.05, 3.63) is 60.8 Å². The Labute approximate surface area is 292 Å². The summed E-state index contributed by atoms with van der Waals surface area (Å²) < 4.78 is 0. The number of nitrogens with one attached hydrogen (secondary N) is 1. The van der Waals surface area contributed by atoms with E-state index in [1.165, 1.54) is 103 Å². The predicted molar refractivity (Wildman–Crippen MR) is 207 cm³/mol. The molecule has 47 heavy (non-hydrogen) atoms. The van der Waals surface area contributed by atoms with Crippen molar-refractivity contribution in [2.75, 3.05) is 6.61 Å². The first-order chi connectivity index (χ1) is 23.2. The van der Waals surface area contributed by atoms with E-state index in [9.17, 15) is 15.0 Å². The van der Waals surface area contributed by atoms with Gasteiger partial charge in [0.1, 0.15) is 0 Å². The van der Waals surface area contributed by atoms with Crippen LogP contribution in [-0.2, 0) is 4.79 Å². The predicted octanol–water partition coefficient (Wildman–Crippen LogP) is 12.2. The van der Waals surface area contributed by atoms with E-state index in [0.717, 1.165) is 64.2 Å². The van der Waals surface area contributed by atoms with Crippen LogP contribution >= 0.6 is 0 Å². The first kappa shape index (κ1) is 45.1. The smallest absolute Gasteiger partial charge is 0.220 e. The van der Waals surface area contributed by atoms with Gasteiger partial charge in [-0.2, -0.15) is 0 Å². The van der Waals surface area contributed by atoms with E-state index in [0.29, 0.717) is 6.42 Å². The van der Waals surface area contributed by atoms with E-state index in [1.807, 2.05) is 6.08 Å². The second-order valence-corrected chi connectivity index (χ2v) is 13.3. The van der Waals surface area contributed by atoms with E-state index in [4.69, 9.17) is 0 Å². The number of allylic oxidation sites excluding steroid dienone is 9. The van der Waals surface area contributed by atoms with Gasteiger partial charge in [0.25, 0.3) is 0 Å². The van der Waals surface area contributed by atoms with Gasteiger partial charge in [-0.3, -0.25) is 4.79 Å². The van der Waals surface area contributed by atoms with Crippen LogP contribution in [0.3, 0.4) is 0 Å². The molecule has 0 rings (SSSR count). The van der Waals surface area contributed by atoms with E-state index in [2.05, 4.69) is 67.8 Å². The fraction of sp³-hybridized carbons (Fsp3) is 0.744. The van der Waals surface area contributed by atoms with Gasteiger partial charge in [0.2, 0.25) is 5.91 Å². The van der Waals surface area contributed by atoms with Crippen molar-refractivity contribution in [2.24, 2.45) is 0 Å². The Morgan fingerprint density at radius 2 is 0.957 bits per heavy atom. The number of rotatable bonds is 35. The summed E-state index contributed by atoms with van der Waals surface area (Å²) in [7, 11) is 0. The van der Waals surface area contributed by atoms with Crippen molar-refractivity contribution in [3.63, 3.8) is 0 Å². The SMILES string of the molecule is CC/C=C\C/C=C\C/C=C\CCCCCCCC(=O)NC(CO)C(O)/C=C/CC/C=C/CCCCCCCCCCCCCCCC. The monoisotopic (exact) mass is 656 g/mol. The molecule has 2 unspecified atom stereocenters. The molecule has 0 spiro atoms. The number of amides is 1. The minimum absolute atomic E-state index is 0.0934. The fourth-order valence-electron chi connectivity index (χ4n) is 5.68. The Morgan fingerprint density at radius 1 is 0.532 bits per heavy atom. The number of hydrogen-bond donors (Lipinski definition) is 3. The maximum atomic E-state index is 12.3. The van der Waals surface area contributed by atoms with Gasteiger partial charge >= 0.3 is 0 Å². The summed E-state index contributed by atoms with van der Waals surface area (Å²) in [5, 5.41) is 22.9. The second-order valence-electron chi connectivity index (χ2n) is 13.3. The molecule has 0 aliphatic rings. The van der Waals surface area contributed by atoms with Crippen LogP contribution < -0.4 is 5.32 Å². The molecule has 0 aromatic carbocycles. The fourth-order valence-corrected chi connectivity index (χ4v) is 5.68. The van der Waals surface area contributed by atoms with Crippen molar-refractivity contribution in [2.45, 2.75) is 199 Å². The van der Waals surface area contributed by atoms with Crippen LogP contribution in [-0.4, -0.2) is 34.9 Å². The molecule has 0 aromatic rings. The standard InChI is InChI=1S/C43H77NO3/c1-3-5-7-9-11-13-15-17-19-20-21-22-23-25-26-28-30-32-34-36-38-42(46)41(40-45)44-43(47)39-37-35-33-31-29-27-24-18-16-14-12-10-8-6-4-2/h6,8,12,14,18,24,28,30,36,38,41-42,45-46H,3-5,7,9-11,13,15-17,19-23,25-27,29,31-35,37,39-40H2,1-2H3,(H,44,47)/b8-6-,14-12-,24-18-,30-28+,38-36+. The molecule has 0 aliphatic heterocycles. The summed E-state index contributed by atoms with van der Waals surface area (Å²) in [6.07, 6.45) is 53.2. The molecule has 4 heteroatoms. The number of unbranched alkanes of at least 4 members (excludes halogenated alkanes) is 20. The molecule has 4 nitrogen and oxygen atoms in total. The lowest BCUT2D eigenvalue weighted by molar-refractivity contribution is -0.123. The van der Waals surface area contributed by atoms with Gasteiger partial charge in [0.15, 0.2) is 0 Å². The normalized spacial score (nSPS) is 13.7. The third kappa shape index (κ3) is 35.2. The second kappa shape index (κ2) is 38.5. The highest BCUT2D eigenvalue weighted by molar-refractivity contribution is 5.76. The first-order valence-electron chi connectivity index (χ1n) is 20.0. The van der Waals surface area contributed by atoms with E-state index in [1.54, 1.807) is 6.08 Å². The number of aliphatic hydroxyl groups is 2. The van der Waals surface area contributed by atoms with Gasteiger partial charge in [0, 0.05) is 6.42 Å². The number of carbonyl (C=O) groups is 1. The van der Waals surface area contributed by atoms with Crippen LogP contribution in [0, 0.1) is 0 Å². The van der Waals surface area contributed by atoms with Crippen molar-refractivity contribution in [3.8, 4) is 0 Å². The summed E-state index contributed by atoms with van der Waals surface area (Å²) in [5.41, 5.74) is 0. The minimum Gasteiger partial charge on any atom is -0.394 e. The molecular formula is C43H77NO3. The molecule has 0 fully saturated rings. The van der Waals surface area contributed by atoms with Crippen LogP contribution in [0.25, 0.3) is 0 Å². The van der Waals surface area contributed by atoms with Gasteiger partial charge in [-0.25, -0.2) is 0 Å². The maximum absolute atomic E-state index is 12.3. The number of hydrogen-bond acceptors (Lipinski definition) is 3. The topological polar surface area (TPSA) is 69.6 Å². The molecule has 0 saturated heterocycles. The molecule has 0 saturated carbocycles. The van der Waals surface area contributed by atoms with E-state index in [-0.39, 0.29) is 12.5 Å². The third-order valence-electron chi connectivity index (χ3n) is 8.73. The highest BCUT2D eigenvalue weighted by atomic mass is 16.3. The molecule has 0 radical (unpaired) electrons. The van der Waals surface area contributed by atoms with Crippen molar-refractivity contribution in [1.29, 1.82) is 0 Å². The summed E-state index contributed by atoms with van der Waals surface area (Å²) in [6, 6.07) is -0.649. The number of carbonyl (C=O) groups excluding carboxylic acids is 1. The lowest BCUT2D eigenvalue weighted by Crippen LogP contribution is -2.45. The zero-order valence-corrected chi connectivity index (χ0v) is 31.0. The Bertz CT molecular complexity index is 797. The summed E-state index contributed by atoms with van der Waals surface area (Å²) in [5.74, 6) is -0.0934. The molecule has 0 heterocycles. The van der Waals surface area contributed by atoms with Gasteiger partial charge in [-0.1, -0.05) is 177 Å². The summed E-state index contributed by atoms with van der Waals surface area (Å²) >= 11 is 0. The van der Waals surface area contributed by atoms with Gasteiger partial charge in [0.05, 0.1) is 18.8 Å². The molecule has 0 bridgehead atoms. The van der Waals surface area contributed by atoms with Gasteiger partial charge in [-0.15, -0.1) is 0 Å². The minimum atomic E-state index is -0.870. The largest absolute Gasteiger partial charge is 0.394 e. The van der Waals surface area contributed by atoms with Crippen LogP contribution in [0.15, 0.2) is 60.8 Å². The molecule has 3 N–H and O–H groups in total. The Balaban J connectivity index is 3.68. The summed E-state index contributed by atoms with van der Waals surface area (Å²) in [6.45, 7) is 4.17. The van der Waals surface area contributed by atoms with Crippen molar-refractivity contribution in [1.82, 2.24) is 5.32 Å². The van der Waals surface area contributed by atoms with E-state index >= 15 is 0 Å². The molecule has 0 aliphatic carbocycles. The highest BCUT2D eigenvalue weighted by Gasteiger charge is 2.17. The molecule has 2 atom stereocenters. The van der Waals surface area contributed by atoms with Gasteiger partial charge in [-0.05, 0) is 64.2 Å². The Kier molecular flexibility index (Phi) is 37.0. The lowest BCUT2D eigenvalue weighted by Gasteiger charge is -2.19. The van der Waals surface area contributed by atoms with Crippen LogP contribution in [0.4, 0.5) is 0 Å². The first-order valence-corrected chi connectivity index (χ1v) is 20.0. The average molecular weight is 656 g/mol. The van der Waals surface area contributed by atoms with E-state index < -0.39 is 12.1 Å². The average Bonchev–Trinajstić information content (AvgIpc) is 3.07. The van der Waals surface area contributed by atoms with Crippen molar-refractivity contribution < 1.29 is 15.0 Å². The van der Waals surface area contributed by atoms with Crippen LogP contribution in [0.5, 0.6) is 0 Å². The third-order valence-corrected chi connectivity index (χ3v) is 8.73. The molecular weight excluding hydrogens is 578 g/mol. The zero-order valence-electron chi connectivity index (χ0n) is 31.0. The quantitative estimate of drug-likeness (QED) is 0.0470. The molecule has 272 valence electrons. The Hall–Kier alpha value is -1.91. The van der Waals surface area contributed by atoms with Crippen LogP contribution in [0.1, 0.15) is 187 Å². The molecule has 1 amide bonds. The molecule has 0 aromatic heterocycles. The maximum Gasteiger partial charge on any atom is 0.220 e. The Morgan fingerprint density at radius 3 is 1.49 bits per heavy atom. The highest BCUT2D eigenvalue weighted by Crippen LogP contribution is 2.14.